The Bertz CT molecular complexity index is 265. The quantitative estimate of drug-likeness (QED) is 0.758. The fourth-order valence-electron chi connectivity index (χ4n) is 1.77. The highest BCUT2D eigenvalue weighted by Gasteiger charge is 2.26. The molecule has 4 nitrogen and oxygen atoms in total. The predicted molar refractivity (Wildman–Crippen MR) is 53.9 cm³/mol. The van der Waals surface area contributed by atoms with Crippen molar-refractivity contribution in [3.63, 3.8) is 0 Å². The molecule has 14 heavy (non-hydrogen) atoms. The van der Waals surface area contributed by atoms with Gasteiger partial charge in [0.2, 0.25) is 0 Å². The van der Waals surface area contributed by atoms with E-state index in [9.17, 15) is 0 Å². The summed E-state index contributed by atoms with van der Waals surface area (Å²) < 4.78 is 5.47. The minimum atomic E-state index is 0.128. The molecule has 1 aliphatic rings. The number of hydrogen-bond acceptors (Lipinski definition) is 3. The SMILES string of the molecule is CC1(NCc2ccn[nH]2)CCCOC1. The van der Waals surface area contributed by atoms with Crippen LogP contribution in [0, 0.1) is 0 Å². The average Bonchev–Trinajstić information content (AvgIpc) is 2.69. The predicted octanol–water partition coefficient (Wildman–Crippen LogP) is 1.07. The zero-order valence-electron chi connectivity index (χ0n) is 8.55. The number of H-pyrrole nitrogens is 1. The van der Waals surface area contributed by atoms with Crippen LogP contribution in [0.2, 0.25) is 0 Å². The van der Waals surface area contributed by atoms with Crippen molar-refractivity contribution in [1.29, 1.82) is 0 Å². The molecule has 1 atom stereocenters. The molecule has 0 saturated carbocycles. The fraction of sp³-hybridized carbons (Fsp3) is 0.700. The number of aromatic nitrogens is 2. The summed E-state index contributed by atoms with van der Waals surface area (Å²) in [5.41, 5.74) is 1.25. The number of hydrogen-bond donors (Lipinski definition) is 2. The van der Waals surface area contributed by atoms with E-state index in [1.165, 1.54) is 6.42 Å². The van der Waals surface area contributed by atoms with Gasteiger partial charge in [0, 0.05) is 30.6 Å². The molecule has 4 heteroatoms. The highest BCUT2D eigenvalue weighted by molar-refractivity contribution is 4.98. The number of aromatic amines is 1. The van der Waals surface area contributed by atoms with Gasteiger partial charge < -0.3 is 10.1 Å². The van der Waals surface area contributed by atoms with Crippen LogP contribution in [0.5, 0.6) is 0 Å². The molecule has 0 radical (unpaired) electrons. The van der Waals surface area contributed by atoms with Gasteiger partial charge in [0.25, 0.3) is 0 Å². The summed E-state index contributed by atoms with van der Waals surface area (Å²) in [6, 6.07) is 1.99. The Morgan fingerprint density at radius 1 is 1.71 bits per heavy atom. The Morgan fingerprint density at radius 3 is 3.29 bits per heavy atom. The second-order valence-corrected chi connectivity index (χ2v) is 4.15. The molecule has 2 N–H and O–H groups in total. The van der Waals surface area contributed by atoms with Crippen molar-refractivity contribution < 1.29 is 4.74 Å². The molecular formula is C10H17N3O. The average molecular weight is 195 g/mol. The van der Waals surface area contributed by atoms with Crippen molar-refractivity contribution in [3.8, 4) is 0 Å². The van der Waals surface area contributed by atoms with Crippen molar-refractivity contribution in [2.24, 2.45) is 0 Å². The van der Waals surface area contributed by atoms with Gasteiger partial charge in [-0.2, -0.15) is 5.10 Å². The first-order valence-corrected chi connectivity index (χ1v) is 5.10. The Morgan fingerprint density at radius 2 is 2.64 bits per heavy atom. The van der Waals surface area contributed by atoms with Gasteiger partial charge in [-0.25, -0.2) is 0 Å². The van der Waals surface area contributed by atoms with E-state index < -0.39 is 0 Å². The molecule has 1 aromatic heterocycles. The number of rotatable bonds is 3. The molecule has 0 bridgehead atoms. The Balaban J connectivity index is 1.84. The molecule has 78 valence electrons. The minimum Gasteiger partial charge on any atom is -0.380 e. The van der Waals surface area contributed by atoms with Crippen LogP contribution < -0.4 is 5.32 Å². The first-order chi connectivity index (χ1) is 6.79. The number of nitrogens with zero attached hydrogens (tertiary/aromatic N) is 1. The van der Waals surface area contributed by atoms with Gasteiger partial charge in [-0.3, -0.25) is 5.10 Å². The molecule has 1 aromatic rings. The molecule has 2 rings (SSSR count). The third kappa shape index (κ3) is 2.33. The van der Waals surface area contributed by atoms with E-state index in [1.54, 1.807) is 6.20 Å². The third-order valence-corrected chi connectivity index (χ3v) is 2.70. The molecule has 0 amide bonds. The van der Waals surface area contributed by atoms with Crippen LogP contribution in [0.25, 0.3) is 0 Å². The van der Waals surface area contributed by atoms with Gasteiger partial charge in [-0.15, -0.1) is 0 Å². The fourth-order valence-corrected chi connectivity index (χ4v) is 1.77. The lowest BCUT2D eigenvalue weighted by Crippen LogP contribution is -2.48. The molecule has 1 fully saturated rings. The van der Waals surface area contributed by atoms with Crippen molar-refractivity contribution in [3.05, 3.63) is 18.0 Å². The summed E-state index contributed by atoms with van der Waals surface area (Å²) in [4.78, 5) is 0. The van der Waals surface area contributed by atoms with E-state index in [2.05, 4.69) is 22.4 Å². The number of nitrogens with one attached hydrogen (secondary N) is 2. The zero-order chi connectivity index (χ0) is 9.86. The molecule has 1 aliphatic heterocycles. The molecule has 1 unspecified atom stereocenters. The molecule has 2 heterocycles. The van der Waals surface area contributed by atoms with Gasteiger partial charge in [0.15, 0.2) is 0 Å². The summed E-state index contributed by atoms with van der Waals surface area (Å²) in [7, 11) is 0. The smallest absolute Gasteiger partial charge is 0.0645 e. The van der Waals surface area contributed by atoms with Gasteiger partial charge in [-0.1, -0.05) is 0 Å². The minimum absolute atomic E-state index is 0.128. The highest BCUT2D eigenvalue weighted by atomic mass is 16.5. The monoisotopic (exact) mass is 195 g/mol. The van der Waals surface area contributed by atoms with E-state index in [-0.39, 0.29) is 5.54 Å². The number of ether oxygens (including phenoxy) is 1. The van der Waals surface area contributed by atoms with Crippen molar-refractivity contribution >= 4 is 0 Å². The highest BCUT2D eigenvalue weighted by Crippen LogP contribution is 2.18. The lowest BCUT2D eigenvalue weighted by Gasteiger charge is -2.34. The van der Waals surface area contributed by atoms with Crippen molar-refractivity contribution in [1.82, 2.24) is 15.5 Å². The van der Waals surface area contributed by atoms with Crippen LogP contribution in [0.1, 0.15) is 25.5 Å². The maximum Gasteiger partial charge on any atom is 0.0645 e. The summed E-state index contributed by atoms with van der Waals surface area (Å²) in [6.45, 7) is 4.75. The van der Waals surface area contributed by atoms with Crippen LogP contribution in [0.4, 0.5) is 0 Å². The summed E-state index contributed by atoms with van der Waals surface area (Å²) >= 11 is 0. The van der Waals surface area contributed by atoms with E-state index in [0.717, 1.165) is 31.9 Å². The van der Waals surface area contributed by atoms with Crippen molar-refractivity contribution in [2.75, 3.05) is 13.2 Å². The van der Waals surface area contributed by atoms with Gasteiger partial charge in [0.1, 0.15) is 0 Å². The van der Waals surface area contributed by atoms with Crippen LogP contribution in [0.15, 0.2) is 12.3 Å². The molecular weight excluding hydrogens is 178 g/mol. The second-order valence-electron chi connectivity index (χ2n) is 4.15. The zero-order valence-corrected chi connectivity index (χ0v) is 8.55. The Hall–Kier alpha value is -0.870. The first kappa shape index (κ1) is 9.68. The first-order valence-electron chi connectivity index (χ1n) is 5.10. The maximum absolute atomic E-state index is 5.47. The van der Waals surface area contributed by atoms with Gasteiger partial charge >= 0.3 is 0 Å². The summed E-state index contributed by atoms with van der Waals surface area (Å²) in [6.07, 6.45) is 4.10. The standard InChI is InChI=1S/C10H17N3O/c1-10(4-2-6-14-8-10)11-7-9-3-5-12-13-9/h3,5,11H,2,4,6-8H2,1H3,(H,12,13). The molecule has 0 aromatic carbocycles. The van der Waals surface area contributed by atoms with Gasteiger partial charge in [0.05, 0.1) is 6.61 Å². The lowest BCUT2D eigenvalue weighted by molar-refractivity contribution is 0.0276. The lowest BCUT2D eigenvalue weighted by atomic mass is 9.95. The van der Waals surface area contributed by atoms with Crippen molar-refractivity contribution in [2.45, 2.75) is 31.8 Å². The summed E-state index contributed by atoms with van der Waals surface area (Å²) in [5, 5.41) is 10.4. The van der Waals surface area contributed by atoms with E-state index >= 15 is 0 Å². The van der Waals surface area contributed by atoms with Gasteiger partial charge in [-0.05, 0) is 25.8 Å². The van der Waals surface area contributed by atoms with Crippen LogP contribution in [-0.2, 0) is 11.3 Å². The van der Waals surface area contributed by atoms with E-state index in [0.29, 0.717) is 0 Å². The third-order valence-electron chi connectivity index (χ3n) is 2.70. The van der Waals surface area contributed by atoms with Crippen LogP contribution >= 0.6 is 0 Å². The second kappa shape index (κ2) is 4.11. The molecule has 0 spiro atoms. The van der Waals surface area contributed by atoms with Crippen LogP contribution in [-0.4, -0.2) is 29.0 Å². The van der Waals surface area contributed by atoms with Crippen LogP contribution in [0.3, 0.4) is 0 Å². The molecule has 1 saturated heterocycles. The van der Waals surface area contributed by atoms with E-state index in [1.807, 2.05) is 6.07 Å². The Labute approximate surface area is 84.0 Å². The largest absolute Gasteiger partial charge is 0.380 e. The molecule has 0 aliphatic carbocycles. The topological polar surface area (TPSA) is 49.9 Å². The van der Waals surface area contributed by atoms with E-state index in [4.69, 9.17) is 4.74 Å². The summed E-state index contributed by atoms with van der Waals surface area (Å²) in [5.74, 6) is 0. The normalized spacial score (nSPS) is 27.8. The Kier molecular flexibility index (Phi) is 2.84. The maximum atomic E-state index is 5.47.